The number of hydrogen-bond donors (Lipinski definition) is 0. The minimum atomic E-state index is -4.58. The minimum Gasteiger partial charge on any atom is -0.244 e. The van der Waals surface area contributed by atoms with Gasteiger partial charge in [0.1, 0.15) is 6.07 Å². The summed E-state index contributed by atoms with van der Waals surface area (Å²) in [6.45, 7) is 0. The molecule has 0 aliphatic heterocycles. The van der Waals surface area contributed by atoms with Crippen LogP contribution < -0.4 is 0 Å². The Morgan fingerprint density at radius 2 is 1.96 bits per heavy atom. The third-order valence-electron chi connectivity index (χ3n) is 2.93. The zero-order valence-corrected chi connectivity index (χ0v) is 13.3. The van der Waals surface area contributed by atoms with Gasteiger partial charge in [-0.1, -0.05) is 23.7 Å². The van der Waals surface area contributed by atoms with Crippen LogP contribution >= 0.6 is 11.6 Å². The van der Waals surface area contributed by atoms with Crippen molar-refractivity contribution in [3.63, 3.8) is 0 Å². The topological polar surface area (TPSA) is 70.8 Å². The van der Waals surface area contributed by atoms with Gasteiger partial charge in [-0.25, -0.2) is 13.4 Å². The van der Waals surface area contributed by atoms with E-state index in [9.17, 15) is 21.6 Å². The average molecular weight is 373 g/mol. The molecule has 1 aromatic carbocycles. The van der Waals surface area contributed by atoms with E-state index in [2.05, 4.69) is 4.98 Å². The normalized spacial score (nSPS) is 12.7. The Balaban J connectivity index is 2.51. The molecule has 0 aliphatic carbocycles. The first kappa shape index (κ1) is 18.0. The predicted octanol–water partition coefficient (Wildman–Crippen LogP) is 4.09. The predicted molar refractivity (Wildman–Crippen MR) is 81.5 cm³/mol. The Morgan fingerprint density at radius 3 is 2.46 bits per heavy atom. The lowest BCUT2D eigenvalue weighted by atomic mass is 10.1. The van der Waals surface area contributed by atoms with Crippen LogP contribution in [0.1, 0.15) is 11.1 Å². The molecule has 0 fully saturated rings. The number of benzene rings is 1. The second kappa shape index (κ2) is 6.63. The molecule has 1 heterocycles. The maximum absolute atomic E-state index is 12.6. The number of nitriles is 1. The number of hydrogen-bond acceptors (Lipinski definition) is 4. The molecular weight excluding hydrogens is 365 g/mol. The highest BCUT2D eigenvalue weighted by atomic mass is 35.5. The Kier molecular flexibility index (Phi) is 4.96. The Morgan fingerprint density at radius 1 is 1.25 bits per heavy atom. The molecule has 0 spiro atoms. The number of nitrogens with zero attached hydrogens (tertiary/aromatic N) is 2. The summed E-state index contributed by atoms with van der Waals surface area (Å²) in [7, 11) is -4.20. The van der Waals surface area contributed by atoms with Gasteiger partial charge < -0.3 is 0 Å². The number of pyridine rings is 1. The molecule has 0 saturated heterocycles. The lowest BCUT2D eigenvalue weighted by molar-refractivity contribution is -0.137. The van der Waals surface area contributed by atoms with E-state index in [1.165, 1.54) is 30.5 Å². The molecule has 9 heteroatoms. The van der Waals surface area contributed by atoms with Gasteiger partial charge in [0, 0.05) is 11.2 Å². The first-order chi connectivity index (χ1) is 11.2. The zero-order valence-electron chi connectivity index (χ0n) is 11.7. The molecule has 0 atom stereocenters. The van der Waals surface area contributed by atoms with E-state index in [1.807, 2.05) is 0 Å². The van der Waals surface area contributed by atoms with Crippen molar-refractivity contribution in [1.29, 1.82) is 5.26 Å². The lowest BCUT2D eigenvalue weighted by Gasteiger charge is -2.08. The molecule has 0 saturated carbocycles. The third-order valence-corrected chi connectivity index (χ3v) is 4.83. The number of alkyl halides is 3. The maximum Gasteiger partial charge on any atom is 0.416 e. The van der Waals surface area contributed by atoms with Crippen molar-refractivity contribution < 1.29 is 21.6 Å². The van der Waals surface area contributed by atoms with Crippen LogP contribution in [0.25, 0.3) is 6.08 Å². The maximum atomic E-state index is 12.6. The number of sulfone groups is 1. The van der Waals surface area contributed by atoms with Gasteiger partial charge in [-0.2, -0.15) is 18.4 Å². The molecule has 0 aliphatic rings. The lowest BCUT2D eigenvalue weighted by Crippen LogP contribution is -2.06. The van der Waals surface area contributed by atoms with Gasteiger partial charge in [0.15, 0.2) is 9.93 Å². The second-order valence-corrected chi connectivity index (χ2v) is 6.80. The van der Waals surface area contributed by atoms with E-state index in [0.29, 0.717) is 6.07 Å². The molecule has 4 nitrogen and oxygen atoms in total. The van der Waals surface area contributed by atoms with Gasteiger partial charge in [-0.15, -0.1) is 0 Å². The molecule has 0 unspecified atom stereocenters. The van der Waals surface area contributed by atoms with Crippen LogP contribution in [-0.2, 0) is 16.0 Å². The van der Waals surface area contributed by atoms with E-state index in [4.69, 9.17) is 16.9 Å². The van der Waals surface area contributed by atoms with E-state index in [-0.39, 0.29) is 15.6 Å². The molecule has 1 aromatic heterocycles. The van der Waals surface area contributed by atoms with Crippen molar-refractivity contribution in [3.8, 4) is 6.07 Å². The van der Waals surface area contributed by atoms with Crippen LogP contribution in [0.3, 0.4) is 0 Å². The molecule has 0 N–H and O–H groups in total. The second-order valence-electron chi connectivity index (χ2n) is 4.53. The molecule has 2 aromatic rings. The van der Waals surface area contributed by atoms with Crippen molar-refractivity contribution in [1.82, 2.24) is 4.98 Å². The summed E-state index contributed by atoms with van der Waals surface area (Å²) < 4.78 is 62.5. The number of rotatable bonds is 3. The molecule has 2 rings (SSSR count). The van der Waals surface area contributed by atoms with Crippen LogP contribution in [0.4, 0.5) is 13.2 Å². The van der Waals surface area contributed by atoms with Gasteiger partial charge >= 0.3 is 6.18 Å². The van der Waals surface area contributed by atoms with Gasteiger partial charge in [0.2, 0.25) is 9.84 Å². The van der Waals surface area contributed by atoms with Crippen LogP contribution in [-0.4, -0.2) is 13.4 Å². The summed E-state index contributed by atoms with van der Waals surface area (Å²) >= 11 is 5.77. The van der Waals surface area contributed by atoms with E-state index in [1.54, 1.807) is 0 Å². The monoisotopic (exact) mass is 372 g/mol. The zero-order chi connectivity index (χ0) is 18.0. The molecule has 24 heavy (non-hydrogen) atoms. The number of allylic oxidation sites excluding steroid dienone is 1. The first-order valence-corrected chi connectivity index (χ1v) is 8.17. The fourth-order valence-electron chi connectivity index (χ4n) is 1.75. The first-order valence-electron chi connectivity index (χ1n) is 6.31. The fraction of sp³-hybridized carbons (Fsp3) is 0.0667. The average Bonchev–Trinajstić information content (AvgIpc) is 2.53. The summed E-state index contributed by atoms with van der Waals surface area (Å²) in [6.07, 6.45) is -2.43. The van der Waals surface area contributed by atoms with Crippen LogP contribution in [0.2, 0.25) is 5.02 Å². The molecule has 124 valence electrons. The van der Waals surface area contributed by atoms with Crippen molar-refractivity contribution in [2.24, 2.45) is 0 Å². The SMILES string of the molecule is N#C/C(=C/c1ccc(C(F)(F)F)cc1Cl)S(=O)(=O)c1ccccn1. The van der Waals surface area contributed by atoms with Crippen molar-refractivity contribution in [2.45, 2.75) is 11.2 Å². The summed E-state index contributed by atoms with van der Waals surface area (Å²) in [6, 6.07) is 8.06. The van der Waals surface area contributed by atoms with Crippen LogP contribution in [0.5, 0.6) is 0 Å². The molecular formula is C15H8ClF3N2O2S. The van der Waals surface area contributed by atoms with Gasteiger partial charge in [0.05, 0.1) is 5.56 Å². The van der Waals surface area contributed by atoms with Crippen molar-refractivity contribution in [3.05, 3.63) is 63.6 Å². The summed E-state index contributed by atoms with van der Waals surface area (Å²) in [5.41, 5.74) is -1.00. The van der Waals surface area contributed by atoms with Gasteiger partial charge in [0.25, 0.3) is 0 Å². The summed E-state index contributed by atoms with van der Waals surface area (Å²) in [5, 5.41) is 8.44. The van der Waals surface area contributed by atoms with Crippen LogP contribution in [0, 0.1) is 11.3 Å². The standard InChI is InChI=1S/C15H8ClF3N2O2S/c16-13-8-11(15(17,18)19)5-4-10(13)7-12(9-20)24(22,23)14-3-1-2-6-21-14/h1-8H/b12-7-. The summed E-state index contributed by atoms with van der Waals surface area (Å²) in [5.74, 6) is 0. The van der Waals surface area contributed by atoms with E-state index in [0.717, 1.165) is 18.2 Å². The quantitative estimate of drug-likeness (QED) is 0.761. The van der Waals surface area contributed by atoms with Crippen LogP contribution in [0.15, 0.2) is 52.5 Å². The van der Waals surface area contributed by atoms with E-state index >= 15 is 0 Å². The third kappa shape index (κ3) is 3.75. The number of aromatic nitrogens is 1. The fourth-order valence-corrected chi connectivity index (χ4v) is 3.07. The largest absolute Gasteiger partial charge is 0.416 e. The summed E-state index contributed by atoms with van der Waals surface area (Å²) in [4.78, 5) is 2.99. The minimum absolute atomic E-state index is 0.0271. The highest BCUT2D eigenvalue weighted by Crippen LogP contribution is 2.33. The number of halogens is 4. The van der Waals surface area contributed by atoms with Crippen molar-refractivity contribution in [2.75, 3.05) is 0 Å². The Labute approximate surface area is 140 Å². The van der Waals surface area contributed by atoms with Gasteiger partial charge in [-0.3, -0.25) is 0 Å². The highest BCUT2D eigenvalue weighted by molar-refractivity contribution is 7.95. The van der Waals surface area contributed by atoms with E-state index < -0.39 is 26.5 Å². The molecule has 0 amide bonds. The van der Waals surface area contributed by atoms with Gasteiger partial charge in [-0.05, 0) is 35.9 Å². The molecule has 0 radical (unpaired) electrons. The van der Waals surface area contributed by atoms with Crippen molar-refractivity contribution >= 4 is 27.5 Å². The smallest absolute Gasteiger partial charge is 0.244 e. The Hall–Kier alpha value is -2.37. The highest BCUT2D eigenvalue weighted by Gasteiger charge is 2.31. The molecule has 0 bridgehead atoms. The Bertz CT molecular complexity index is 933.